The molecule has 0 amide bonds. The van der Waals surface area contributed by atoms with Crippen molar-refractivity contribution in [1.29, 1.82) is 0 Å². The molecular weight excluding hydrogens is 176 g/mol. The van der Waals surface area contributed by atoms with Crippen molar-refractivity contribution in [1.82, 2.24) is 0 Å². The van der Waals surface area contributed by atoms with Crippen LogP contribution in [-0.4, -0.2) is 25.8 Å². The van der Waals surface area contributed by atoms with Gasteiger partial charge in [-0.1, -0.05) is 0 Å². The molecule has 1 saturated heterocycles. The number of nitrogens with zero attached hydrogens (tertiary/aromatic N) is 1. The number of rotatable bonds is 1. The largest absolute Gasteiger partial charge is 0.399 e. The van der Waals surface area contributed by atoms with Crippen LogP contribution in [-0.2, 0) is 4.74 Å². The Morgan fingerprint density at radius 2 is 2.07 bits per heavy atom. The summed E-state index contributed by atoms with van der Waals surface area (Å²) in [5.74, 6) is 0. The lowest BCUT2D eigenvalue weighted by atomic mass is 10.2. The maximum atomic E-state index is 5.65. The number of benzene rings is 1. The molecule has 0 spiro atoms. The Kier molecular flexibility index (Phi) is 2.59. The van der Waals surface area contributed by atoms with Crippen molar-refractivity contribution in [3.8, 4) is 0 Å². The summed E-state index contributed by atoms with van der Waals surface area (Å²) in [6.45, 7) is 4.76. The standard InChI is InChI=1S/C11H16N2O/c1-9-8-14-7-6-13(9)11-4-2-10(12)3-5-11/h2-5,9H,6-8,12H2,1H3. The van der Waals surface area contributed by atoms with E-state index in [0.717, 1.165) is 25.4 Å². The van der Waals surface area contributed by atoms with Gasteiger partial charge in [0.05, 0.1) is 13.2 Å². The monoisotopic (exact) mass is 192 g/mol. The molecule has 0 aliphatic carbocycles. The second kappa shape index (κ2) is 3.88. The molecule has 1 aromatic carbocycles. The van der Waals surface area contributed by atoms with Crippen molar-refractivity contribution in [3.63, 3.8) is 0 Å². The number of morpholine rings is 1. The van der Waals surface area contributed by atoms with E-state index in [1.54, 1.807) is 0 Å². The third kappa shape index (κ3) is 1.82. The Hall–Kier alpha value is -1.22. The minimum Gasteiger partial charge on any atom is -0.399 e. The van der Waals surface area contributed by atoms with Crippen molar-refractivity contribution < 1.29 is 4.74 Å². The van der Waals surface area contributed by atoms with Crippen LogP contribution in [0.15, 0.2) is 24.3 Å². The first-order valence-corrected chi connectivity index (χ1v) is 4.97. The third-order valence-electron chi connectivity index (χ3n) is 2.59. The van der Waals surface area contributed by atoms with E-state index in [1.165, 1.54) is 5.69 Å². The van der Waals surface area contributed by atoms with Crippen LogP contribution in [0.4, 0.5) is 11.4 Å². The number of hydrogen-bond acceptors (Lipinski definition) is 3. The lowest BCUT2D eigenvalue weighted by Gasteiger charge is -2.35. The highest BCUT2D eigenvalue weighted by Gasteiger charge is 2.18. The van der Waals surface area contributed by atoms with E-state index >= 15 is 0 Å². The molecule has 1 heterocycles. The first-order chi connectivity index (χ1) is 6.77. The topological polar surface area (TPSA) is 38.5 Å². The maximum absolute atomic E-state index is 5.65. The summed E-state index contributed by atoms with van der Waals surface area (Å²) in [5.41, 5.74) is 7.69. The molecule has 1 unspecified atom stereocenters. The molecule has 1 aliphatic heterocycles. The van der Waals surface area contributed by atoms with Crippen molar-refractivity contribution in [2.45, 2.75) is 13.0 Å². The Bertz CT molecular complexity index is 297. The smallest absolute Gasteiger partial charge is 0.0668 e. The van der Waals surface area contributed by atoms with Crippen molar-refractivity contribution in [3.05, 3.63) is 24.3 Å². The van der Waals surface area contributed by atoms with Crippen LogP contribution < -0.4 is 10.6 Å². The van der Waals surface area contributed by atoms with Crippen LogP contribution in [0, 0.1) is 0 Å². The zero-order valence-corrected chi connectivity index (χ0v) is 8.44. The number of nitrogens with two attached hydrogens (primary N) is 1. The van der Waals surface area contributed by atoms with Gasteiger partial charge in [0.2, 0.25) is 0 Å². The fourth-order valence-electron chi connectivity index (χ4n) is 1.78. The Labute approximate surface area is 84.5 Å². The SMILES string of the molecule is CC1COCCN1c1ccc(N)cc1. The Morgan fingerprint density at radius 1 is 1.36 bits per heavy atom. The van der Waals surface area contributed by atoms with Crippen molar-refractivity contribution >= 4 is 11.4 Å². The van der Waals surface area contributed by atoms with E-state index < -0.39 is 0 Å². The molecule has 3 nitrogen and oxygen atoms in total. The van der Waals surface area contributed by atoms with E-state index in [1.807, 2.05) is 12.1 Å². The van der Waals surface area contributed by atoms with Gasteiger partial charge < -0.3 is 15.4 Å². The van der Waals surface area contributed by atoms with Crippen LogP contribution in [0.1, 0.15) is 6.92 Å². The van der Waals surface area contributed by atoms with Gasteiger partial charge in [-0.05, 0) is 31.2 Å². The summed E-state index contributed by atoms with van der Waals surface area (Å²) in [6.07, 6.45) is 0. The molecule has 0 aromatic heterocycles. The number of ether oxygens (including phenoxy) is 1. The molecule has 0 radical (unpaired) electrons. The number of hydrogen-bond donors (Lipinski definition) is 1. The Balaban J connectivity index is 2.16. The highest BCUT2D eigenvalue weighted by molar-refractivity contribution is 5.53. The van der Waals surface area contributed by atoms with Crippen molar-refractivity contribution in [2.24, 2.45) is 0 Å². The first kappa shape index (κ1) is 9.34. The molecule has 3 heteroatoms. The van der Waals surface area contributed by atoms with Gasteiger partial charge in [0.25, 0.3) is 0 Å². The predicted octanol–water partition coefficient (Wildman–Crippen LogP) is 1.49. The second-order valence-electron chi connectivity index (χ2n) is 3.71. The zero-order chi connectivity index (χ0) is 9.97. The fourth-order valence-corrected chi connectivity index (χ4v) is 1.78. The maximum Gasteiger partial charge on any atom is 0.0668 e. The second-order valence-corrected chi connectivity index (χ2v) is 3.71. The van der Waals surface area contributed by atoms with Crippen LogP contribution in [0.5, 0.6) is 0 Å². The summed E-state index contributed by atoms with van der Waals surface area (Å²) in [4.78, 5) is 2.35. The zero-order valence-electron chi connectivity index (χ0n) is 8.44. The predicted molar refractivity (Wildman–Crippen MR) is 58.5 cm³/mol. The van der Waals surface area contributed by atoms with Gasteiger partial charge in [0.15, 0.2) is 0 Å². The van der Waals surface area contributed by atoms with Gasteiger partial charge in [0, 0.05) is 24.0 Å². The Morgan fingerprint density at radius 3 is 2.71 bits per heavy atom. The van der Waals surface area contributed by atoms with Gasteiger partial charge in [0.1, 0.15) is 0 Å². The van der Waals surface area contributed by atoms with Gasteiger partial charge in [-0.25, -0.2) is 0 Å². The average Bonchev–Trinajstić information content (AvgIpc) is 2.20. The summed E-state index contributed by atoms with van der Waals surface area (Å²) in [5, 5.41) is 0. The van der Waals surface area contributed by atoms with E-state index in [-0.39, 0.29) is 0 Å². The normalized spacial score (nSPS) is 22.4. The first-order valence-electron chi connectivity index (χ1n) is 4.97. The molecule has 0 saturated carbocycles. The minimum absolute atomic E-state index is 0.451. The van der Waals surface area contributed by atoms with Crippen molar-refractivity contribution in [2.75, 3.05) is 30.4 Å². The van der Waals surface area contributed by atoms with Crippen LogP contribution in [0.3, 0.4) is 0 Å². The molecule has 1 aliphatic rings. The molecule has 76 valence electrons. The lowest BCUT2D eigenvalue weighted by Crippen LogP contribution is -2.43. The lowest BCUT2D eigenvalue weighted by molar-refractivity contribution is 0.0989. The molecule has 14 heavy (non-hydrogen) atoms. The van der Waals surface area contributed by atoms with Gasteiger partial charge in [-0.2, -0.15) is 0 Å². The highest BCUT2D eigenvalue weighted by Crippen LogP contribution is 2.20. The molecule has 1 fully saturated rings. The third-order valence-corrected chi connectivity index (χ3v) is 2.59. The average molecular weight is 192 g/mol. The quantitative estimate of drug-likeness (QED) is 0.685. The van der Waals surface area contributed by atoms with Gasteiger partial charge in [-0.15, -0.1) is 0 Å². The molecular formula is C11H16N2O. The van der Waals surface area contributed by atoms with Crippen LogP contribution in [0.2, 0.25) is 0 Å². The number of nitrogen functional groups attached to an aromatic ring is 1. The van der Waals surface area contributed by atoms with Crippen LogP contribution >= 0.6 is 0 Å². The summed E-state index contributed by atoms with van der Waals surface area (Å²) in [6, 6.07) is 8.47. The summed E-state index contributed by atoms with van der Waals surface area (Å²) >= 11 is 0. The molecule has 2 rings (SSSR count). The van der Waals surface area contributed by atoms with Gasteiger partial charge in [-0.3, -0.25) is 0 Å². The highest BCUT2D eigenvalue weighted by atomic mass is 16.5. The minimum atomic E-state index is 0.451. The van der Waals surface area contributed by atoms with E-state index in [0.29, 0.717) is 6.04 Å². The molecule has 1 atom stereocenters. The van der Waals surface area contributed by atoms with Crippen LogP contribution in [0.25, 0.3) is 0 Å². The van der Waals surface area contributed by atoms with E-state index in [9.17, 15) is 0 Å². The molecule has 2 N–H and O–H groups in total. The van der Waals surface area contributed by atoms with E-state index in [4.69, 9.17) is 10.5 Å². The van der Waals surface area contributed by atoms with Gasteiger partial charge >= 0.3 is 0 Å². The van der Waals surface area contributed by atoms with E-state index in [2.05, 4.69) is 24.0 Å². The summed E-state index contributed by atoms with van der Waals surface area (Å²) < 4.78 is 5.39. The molecule has 0 bridgehead atoms. The fraction of sp³-hybridized carbons (Fsp3) is 0.455. The summed E-state index contributed by atoms with van der Waals surface area (Å²) in [7, 11) is 0. The molecule has 1 aromatic rings. The number of anilines is 2.